The highest BCUT2D eigenvalue weighted by Crippen LogP contribution is 2.03. The Hall–Kier alpha value is -2.17. The predicted molar refractivity (Wildman–Crippen MR) is 71.6 cm³/mol. The van der Waals surface area contributed by atoms with Crippen molar-refractivity contribution >= 4 is 11.9 Å². The molecule has 0 radical (unpaired) electrons. The van der Waals surface area contributed by atoms with Crippen LogP contribution in [0.4, 0.5) is 0 Å². The first-order valence-corrected chi connectivity index (χ1v) is 5.96. The molecule has 1 aromatic rings. The lowest BCUT2D eigenvalue weighted by molar-refractivity contribution is -0.142. The Kier molecular flexibility index (Phi) is 5.73. The number of ether oxygens (including phenoxy) is 1. The number of pyridine rings is 1. The van der Waals surface area contributed by atoms with E-state index in [2.05, 4.69) is 15.0 Å². The standard InChI is InChI=1S/C14H18N2O3/c1-10(2)4-5-12(14(18)19-3)16-13(17)11-6-8-15-9-7-11/h4,6-9,12H,5H2,1-3H3,(H,16,17)/t12-/m1/s1. The minimum atomic E-state index is -0.680. The topological polar surface area (TPSA) is 68.3 Å². The van der Waals surface area contributed by atoms with E-state index in [1.165, 1.54) is 19.5 Å². The van der Waals surface area contributed by atoms with Crippen LogP contribution in [0.15, 0.2) is 36.2 Å². The lowest BCUT2D eigenvalue weighted by atomic mass is 10.1. The van der Waals surface area contributed by atoms with Gasteiger partial charge in [-0.2, -0.15) is 0 Å². The third kappa shape index (κ3) is 4.91. The summed E-state index contributed by atoms with van der Waals surface area (Å²) < 4.78 is 4.69. The van der Waals surface area contributed by atoms with Gasteiger partial charge < -0.3 is 10.1 Å². The fraction of sp³-hybridized carbons (Fsp3) is 0.357. The van der Waals surface area contributed by atoms with E-state index >= 15 is 0 Å². The maximum absolute atomic E-state index is 12.0. The molecule has 19 heavy (non-hydrogen) atoms. The molecule has 1 heterocycles. The zero-order valence-electron chi connectivity index (χ0n) is 11.3. The van der Waals surface area contributed by atoms with Crippen LogP contribution in [0.2, 0.25) is 0 Å². The Balaban J connectivity index is 2.75. The van der Waals surface area contributed by atoms with Crippen LogP contribution in [0.25, 0.3) is 0 Å². The number of aromatic nitrogens is 1. The molecule has 5 nitrogen and oxygen atoms in total. The van der Waals surface area contributed by atoms with Crippen molar-refractivity contribution in [2.24, 2.45) is 0 Å². The second-order valence-corrected chi connectivity index (χ2v) is 4.30. The second-order valence-electron chi connectivity index (χ2n) is 4.30. The molecule has 0 unspecified atom stereocenters. The molecule has 0 aromatic carbocycles. The summed E-state index contributed by atoms with van der Waals surface area (Å²) in [6, 6.07) is 2.50. The first-order valence-electron chi connectivity index (χ1n) is 5.96. The van der Waals surface area contributed by atoms with Gasteiger partial charge in [-0.3, -0.25) is 9.78 Å². The maximum atomic E-state index is 12.0. The summed E-state index contributed by atoms with van der Waals surface area (Å²) in [5.74, 6) is -0.778. The highest BCUT2D eigenvalue weighted by molar-refractivity contribution is 5.96. The quantitative estimate of drug-likeness (QED) is 0.648. The minimum absolute atomic E-state index is 0.319. The Bertz CT molecular complexity index is 465. The third-order valence-electron chi connectivity index (χ3n) is 2.50. The Morgan fingerprint density at radius 1 is 1.37 bits per heavy atom. The van der Waals surface area contributed by atoms with Crippen molar-refractivity contribution in [1.82, 2.24) is 10.3 Å². The van der Waals surface area contributed by atoms with Crippen molar-refractivity contribution in [3.8, 4) is 0 Å². The molecular weight excluding hydrogens is 244 g/mol. The molecule has 0 aliphatic heterocycles. The largest absolute Gasteiger partial charge is 0.467 e. The highest BCUT2D eigenvalue weighted by Gasteiger charge is 2.20. The van der Waals surface area contributed by atoms with Gasteiger partial charge in [0.1, 0.15) is 6.04 Å². The van der Waals surface area contributed by atoms with Gasteiger partial charge in [0, 0.05) is 18.0 Å². The second kappa shape index (κ2) is 7.31. The average Bonchev–Trinajstić information content (AvgIpc) is 2.43. The lowest BCUT2D eigenvalue weighted by Gasteiger charge is -2.15. The molecule has 0 aliphatic rings. The molecule has 0 spiro atoms. The molecule has 1 atom stereocenters. The number of carbonyl (C=O) groups excluding carboxylic acids is 2. The zero-order chi connectivity index (χ0) is 14.3. The monoisotopic (exact) mass is 262 g/mol. The Morgan fingerprint density at radius 3 is 2.53 bits per heavy atom. The lowest BCUT2D eigenvalue weighted by Crippen LogP contribution is -2.41. The van der Waals surface area contributed by atoms with Crippen LogP contribution in [0.3, 0.4) is 0 Å². The van der Waals surface area contributed by atoms with Crippen LogP contribution < -0.4 is 5.32 Å². The number of esters is 1. The van der Waals surface area contributed by atoms with Gasteiger partial charge in [0.05, 0.1) is 7.11 Å². The number of rotatable bonds is 5. The minimum Gasteiger partial charge on any atom is -0.467 e. The molecule has 0 aliphatic carbocycles. The van der Waals surface area contributed by atoms with Crippen LogP contribution in [0, 0.1) is 0 Å². The summed E-state index contributed by atoms with van der Waals surface area (Å²) in [6.07, 6.45) is 5.34. The van der Waals surface area contributed by atoms with Crippen LogP contribution in [-0.4, -0.2) is 30.0 Å². The molecule has 0 fully saturated rings. The summed E-state index contributed by atoms with van der Waals surface area (Å²) in [4.78, 5) is 27.4. The summed E-state index contributed by atoms with van der Waals surface area (Å²) >= 11 is 0. The molecule has 1 rings (SSSR count). The number of nitrogens with one attached hydrogen (secondary N) is 1. The van der Waals surface area contributed by atoms with Crippen molar-refractivity contribution in [3.63, 3.8) is 0 Å². The van der Waals surface area contributed by atoms with Crippen molar-refractivity contribution in [1.29, 1.82) is 0 Å². The molecule has 0 saturated heterocycles. The SMILES string of the molecule is COC(=O)[C@@H](CC=C(C)C)NC(=O)c1ccncc1. The van der Waals surface area contributed by atoms with Crippen molar-refractivity contribution in [2.45, 2.75) is 26.3 Å². The van der Waals surface area contributed by atoms with Gasteiger partial charge in [0.25, 0.3) is 5.91 Å². The van der Waals surface area contributed by atoms with Crippen LogP contribution in [-0.2, 0) is 9.53 Å². The number of carbonyl (C=O) groups is 2. The van der Waals surface area contributed by atoms with Crippen molar-refractivity contribution < 1.29 is 14.3 Å². The third-order valence-corrected chi connectivity index (χ3v) is 2.50. The maximum Gasteiger partial charge on any atom is 0.328 e. The Labute approximate surface area is 112 Å². The van der Waals surface area contributed by atoms with Crippen LogP contribution in [0.1, 0.15) is 30.6 Å². The average molecular weight is 262 g/mol. The number of nitrogens with zero attached hydrogens (tertiary/aromatic N) is 1. The molecule has 1 aromatic heterocycles. The van der Waals surface area contributed by atoms with E-state index < -0.39 is 12.0 Å². The fourth-order valence-electron chi connectivity index (χ4n) is 1.45. The highest BCUT2D eigenvalue weighted by atomic mass is 16.5. The molecule has 1 amide bonds. The molecular formula is C14H18N2O3. The van der Waals surface area contributed by atoms with E-state index in [4.69, 9.17) is 0 Å². The van der Waals surface area contributed by atoms with E-state index in [1.807, 2.05) is 19.9 Å². The first kappa shape index (κ1) is 14.9. The number of amides is 1. The van der Waals surface area contributed by atoms with E-state index in [-0.39, 0.29) is 5.91 Å². The number of methoxy groups -OCH3 is 1. The molecule has 0 saturated carbocycles. The van der Waals surface area contributed by atoms with E-state index in [0.717, 1.165) is 5.57 Å². The molecule has 5 heteroatoms. The summed E-state index contributed by atoms with van der Waals surface area (Å²) in [5, 5.41) is 2.65. The number of hydrogen-bond donors (Lipinski definition) is 1. The van der Waals surface area contributed by atoms with Gasteiger partial charge in [0.15, 0.2) is 0 Å². The fourth-order valence-corrected chi connectivity index (χ4v) is 1.45. The van der Waals surface area contributed by atoms with E-state index in [1.54, 1.807) is 12.1 Å². The van der Waals surface area contributed by atoms with Crippen molar-refractivity contribution in [2.75, 3.05) is 7.11 Å². The zero-order valence-corrected chi connectivity index (χ0v) is 11.3. The van der Waals surface area contributed by atoms with Gasteiger partial charge >= 0.3 is 5.97 Å². The molecule has 0 bridgehead atoms. The van der Waals surface area contributed by atoms with Gasteiger partial charge in [-0.15, -0.1) is 0 Å². The smallest absolute Gasteiger partial charge is 0.328 e. The van der Waals surface area contributed by atoms with Gasteiger partial charge in [-0.25, -0.2) is 4.79 Å². The van der Waals surface area contributed by atoms with Crippen LogP contribution >= 0.6 is 0 Å². The Morgan fingerprint density at radius 2 is 2.00 bits per heavy atom. The van der Waals surface area contributed by atoms with E-state index in [9.17, 15) is 9.59 Å². The van der Waals surface area contributed by atoms with E-state index in [0.29, 0.717) is 12.0 Å². The molecule has 1 N–H and O–H groups in total. The number of allylic oxidation sites excluding steroid dienone is 1. The van der Waals surface area contributed by atoms with Gasteiger partial charge in [-0.1, -0.05) is 11.6 Å². The van der Waals surface area contributed by atoms with Crippen LogP contribution in [0.5, 0.6) is 0 Å². The predicted octanol–water partition coefficient (Wildman–Crippen LogP) is 1.71. The first-order chi connectivity index (χ1) is 9.04. The normalized spacial score (nSPS) is 11.3. The summed E-state index contributed by atoms with van der Waals surface area (Å²) in [6.45, 7) is 3.86. The van der Waals surface area contributed by atoms with Gasteiger partial charge in [-0.05, 0) is 32.4 Å². The summed E-state index contributed by atoms with van der Waals surface area (Å²) in [5.41, 5.74) is 1.54. The van der Waals surface area contributed by atoms with Crippen molar-refractivity contribution in [3.05, 3.63) is 41.7 Å². The van der Waals surface area contributed by atoms with Gasteiger partial charge in [0.2, 0.25) is 0 Å². The number of hydrogen-bond acceptors (Lipinski definition) is 4. The summed E-state index contributed by atoms with van der Waals surface area (Å²) in [7, 11) is 1.30. The molecule has 102 valence electrons.